The van der Waals surface area contributed by atoms with Crippen LogP contribution < -0.4 is 5.32 Å². The molecule has 0 aliphatic carbocycles. The van der Waals surface area contributed by atoms with Gasteiger partial charge in [0.05, 0.1) is 11.7 Å². The molecule has 0 saturated carbocycles. The predicted octanol–water partition coefficient (Wildman–Crippen LogP) is 4.33. The van der Waals surface area contributed by atoms with Crippen LogP contribution in [-0.2, 0) is 0 Å². The molecule has 21 heavy (non-hydrogen) atoms. The average Bonchev–Trinajstić information content (AvgIpc) is 2.92. The number of aromatic nitrogens is 2. The molecule has 0 spiro atoms. The summed E-state index contributed by atoms with van der Waals surface area (Å²) in [4.78, 5) is 0. The highest BCUT2D eigenvalue weighted by Gasteiger charge is 2.26. The standard InChI is InChI=1S/C17H22FN3/c1-3-6-12(2)15-11-17-19-10-9-16(21(17)20-15)13-7-4-5-8-14(13)18/h4-5,7-8,11-12,16,19H,3,6,9-10H2,1-2H3. The maximum Gasteiger partial charge on any atom is 0.128 e. The zero-order chi connectivity index (χ0) is 14.8. The molecule has 0 saturated heterocycles. The van der Waals surface area contributed by atoms with Crippen molar-refractivity contribution in [2.24, 2.45) is 0 Å². The van der Waals surface area contributed by atoms with Gasteiger partial charge in [0.25, 0.3) is 0 Å². The minimum atomic E-state index is -0.144. The van der Waals surface area contributed by atoms with E-state index >= 15 is 0 Å². The monoisotopic (exact) mass is 287 g/mol. The van der Waals surface area contributed by atoms with Crippen LogP contribution in [0.2, 0.25) is 0 Å². The highest BCUT2D eigenvalue weighted by molar-refractivity contribution is 5.42. The maximum atomic E-state index is 14.1. The van der Waals surface area contributed by atoms with E-state index < -0.39 is 0 Å². The van der Waals surface area contributed by atoms with Gasteiger partial charge in [-0.15, -0.1) is 0 Å². The zero-order valence-electron chi connectivity index (χ0n) is 12.6. The quantitative estimate of drug-likeness (QED) is 0.907. The number of nitrogens with zero attached hydrogens (tertiary/aromatic N) is 2. The molecule has 0 radical (unpaired) electrons. The first-order chi connectivity index (χ1) is 10.2. The van der Waals surface area contributed by atoms with Crippen LogP contribution >= 0.6 is 0 Å². The fourth-order valence-corrected chi connectivity index (χ4v) is 3.10. The molecule has 2 atom stereocenters. The van der Waals surface area contributed by atoms with Gasteiger partial charge in [-0.25, -0.2) is 9.07 Å². The van der Waals surface area contributed by atoms with E-state index in [0.29, 0.717) is 5.92 Å². The Bertz CT molecular complexity index is 620. The van der Waals surface area contributed by atoms with E-state index in [9.17, 15) is 4.39 Å². The second-order valence-electron chi connectivity index (χ2n) is 5.84. The van der Waals surface area contributed by atoms with Gasteiger partial charge in [-0.1, -0.05) is 38.5 Å². The van der Waals surface area contributed by atoms with Gasteiger partial charge in [0, 0.05) is 24.1 Å². The summed E-state index contributed by atoms with van der Waals surface area (Å²) in [6.07, 6.45) is 3.13. The molecule has 112 valence electrons. The van der Waals surface area contributed by atoms with Gasteiger partial charge in [0.1, 0.15) is 11.6 Å². The number of anilines is 1. The van der Waals surface area contributed by atoms with E-state index in [1.807, 2.05) is 16.8 Å². The van der Waals surface area contributed by atoms with Crippen LogP contribution in [0.5, 0.6) is 0 Å². The molecule has 1 aromatic carbocycles. The number of fused-ring (bicyclic) bond motifs is 1. The Hall–Kier alpha value is -1.84. The molecule has 0 amide bonds. The highest BCUT2D eigenvalue weighted by atomic mass is 19.1. The lowest BCUT2D eigenvalue weighted by Crippen LogP contribution is -2.25. The Morgan fingerprint density at radius 3 is 3.00 bits per heavy atom. The normalized spacial score (nSPS) is 18.9. The molecular weight excluding hydrogens is 265 g/mol. The minimum absolute atomic E-state index is 0.00923. The van der Waals surface area contributed by atoms with Crippen LogP contribution in [0.25, 0.3) is 0 Å². The Balaban J connectivity index is 1.96. The number of benzene rings is 1. The van der Waals surface area contributed by atoms with Gasteiger partial charge in [-0.2, -0.15) is 5.10 Å². The fourth-order valence-electron chi connectivity index (χ4n) is 3.10. The first-order valence-electron chi connectivity index (χ1n) is 7.78. The number of nitrogens with one attached hydrogen (secondary N) is 1. The van der Waals surface area contributed by atoms with E-state index in [-0.39, 0.29) is 11.9 Å². The average molecular weight is 287 g/mol. The van der Waals surface area contributed by atoms with Gasteiger partial charge in [-0.05, 0) is 18.9 Å². The minimum Gasteiger partial charge on any atom is -0.370 e. The second kappa shape index (κ2) is 5.88. The van der Waals surface area contributed by atoms with Crippen molar-refractivity contribution in [3.8, 4) is 0 Å². The first kappa shape index (κ1) is 14.1. The third kappa shape index (κ3) is 2.67. The third-order valence-corrected chi connectivity index (χ3v) is 4.26. The predicted molar refractivity (Wildman–Crippen MR) is 83.2 cm³/mol. The molecule has 2 aromatic rings. The van der Waals surface area contributed by atoms with Crippen LogP contribution in [0.15, 0.2) is 30.3 Å². The van der Waals surface area contributed by atoms with Crippen molar-refractivity contribution in [2.75, 3.05) is 11.9 Å². The molecule has 1 aliphatic heterocycles. The lowest BCUT2D eigenvalue weighted by Gasteiger charge is -2.26. The molecular formula is C17H22FN3. The highest BCUT2D eigenvalue weighted by Crippen LogP contribution is 2.33. The lowest BCUT2D eigenvalue weighted by atomic mass is 10.0. The van der Waals surface area contributed by atoms with Crippen molar-refractivity contribution in [1.82, 2.24) is 9.78 Å². The molecule has 0 fully saturated rings. The van der Waals surface area contributed by atoms with E-state index in [2.05, 4.69) is 25.2 Å². The maximum absolute atomic E-state index is 14.1. The van der Waals surface area contributed by atoms with E-state index in [4.69, 9.17) is 5.10 Å². The molecule has 2 unspecified atom stereocenters. The first-order valence-corrected chi connectivity index (χ1v) is 7.78. The smallest absolute Gasteiger partial charge is 0.128 e. The summed E-state index contributed by atoms with van der Waals surface area (Å²) in [5.41, 5.74) is 1.83. The van der Waals surface area contributed by atoms with E-state index in [1.165, 1.54) is 6.07 Å². The Morgan fingerprint density at radius 2 is 2.24 bits per heavy atom. The second-order valence-corrected chi connectivity index (χ2v) is 5.84. The molecule has 3 rings (SSSR count). The lowest BCUT2D eigenvalue weighted by molar-refractivity contribution is 0.452. The van der Waals surface area contributed by atoms with Crippen LogP contribution in [0.4, 0.5) is 10.2 Å². The van der Waals surface area contributed by atoms with Crippen LogP contribution in [0.3, 0.4) is 0 Å². The summed E-state index contributed by atoms with van der Waals surface area (Å²) < 4.78 is 16.1. The summed E-state index contributed by atoms with van der Waals surface area (Å²) in [6, 6.07) is 9.13. The molecule has 4 heteroatoms. The van der Waals surface area contributed by atoms with Gasteiger partial charge in [0.15, 0.2) is 0 Å². The molecule has 3 nitrogen and oxygen atoms in total. The van der Waals surface area contributed by atoms with Gasteiger partial charge < -0.3 is 5.32 Å². The van der Waals surface area contributed by atoms with Crippen LogP contribution in [0.1, 0.15) is 56.3 Å². The number of hydrogen-bond donors (Lipinski definition) is 1. The number of rotatable bonds is 4. The van der Waals surface area contributed by atoms with Crippen molar-refractivity contribution in [3.63, 3.8) is 0 Å². The van der Waals surface area contributed by atoms with Crippen molar-refractivity contribution in [2.45, 2.75) is 45.1 Å². The summed E-state index contributed by atoms with van der Waals surface area (Å²) >= 11 is 0. The van der Waals surface area contributed by atoms with Gasteiger partial charge >= 0.3 is 0 Å². The van der Waals surface area contributed by atoms with Gasteiger partial charge in [-0.3, -0.25) is 0 Å². The molecule has 1 aromatic heterocycles. The SMILES string of the molecule is CCCC(C)c1cc2n(n1)C(c1ccccc1F)CCN2. The Labute approximate surface area is 125 Å². The van der Waals surface area contributed by atoms with Crippen molar-refractivity contribution < 1.29 is 4.39 Å². The summed E-state index contributed by atoms with van der Waals surface area (Å²) in [5.74, 6) is 1.30. The van der Waals surface area contributed by atoms with E-state index in [0.717, 1.165) is 42.9 Å². The summed E-state index contributed by atoms with van der Waals surface area (Å²) in [5, 5.41) is 8.13. The van der Waals surface area contributed by atoms with Crippen LogP contribution in [-0.4, -0.2) is 16.3 Å². The summed E-state index contributed by atoms with van der Waals surface area (Å²) in [7, 11) is 0. The zero-order valence-corrected chi connectivity index (χ0v) is 12.6. The van der Waals surface area contributed by atoms with Crippen molar-refractivity contribution in [1.29, 1.82) is 0 Å². The van der Waals surface area contributed by atoms with Crippen molar-refractivity contribution >= 4 is 5.82 Å². The molecule has 1 N–H and O–H groups in total. The Kier molecular flexibility index (Phi) is 3.95. The van der Waals surface area contributed by atoms with Crippen LogP contribution in [0, 0.1) is 5.82 Å². The number of halogens is 1. The van der Waals surface area contributed by atoms with Gasteiger partial charge in [0.2, 0.25) is 0 Å². The topological polar surface area (TPSA) is 29.9 Å². The van der Waals surface area contributed by atoms with E-state index in [1.54, 1.807) is 6.07 Å². The fraction of sp³-hybridized carbons (Fsp3) is 0.471. The third-order valence-electron chi connectivity index (χ3n) is 4.26. The number of hydrogen-bond acceptors (Lipinski definition) is 2. The molecule has 0 bridgehead atoms. The van der Waals surface area contributed by atoms with Crippen molar-refractivity contribution in [3.05, 3.63) is 47.4 Å². The molecule has 2 heterocycles. The summed E-state index contributed by atoms with van der Waals surface area (Å²) in [6.45, 7) is 5.25. The largest absolute Gasteiger partial charge is 0.370 e. The molecule has 1 aliphatic rings. The Morgan fingerprint density at radius 1 is 1.43 bits per heavy atom.